The molecule has 2 aliphatic heterocycles. The van der Waals surface area contributed by atoms with Gasteiger partial charge >= 0.3 is 7.60 Å². The molecule has 2 aromatic carbocycles. The first-order valence-corrected chi connectivity index (χ1v) is 36.6. The van der Waals surface area contributed by atoms with E-state index >= 15 is 0 Å². The topological polar surface area (TPSA) is 260 Å². The molecule has 1 radical (unpaired) electrons. The van der Waals surface area contributed by atoms with Gasteiger partial charge in [0.15, 0.2) is 11.5 Å². The third-order valence-corrected chi connectivity index (χ3v) is 27.0. The van der Waals surface area contributed by atoms with Gasteiger partial charge in [0.2, 0.25) is 0 Å². The van der Waals surface area contributed by atoms with Gasteiger partial charge < -0.3 is 65.9 Å². The summed E-state index contributed by atoms with van der Waals surface area (Å²) in [5, 5.41) is 52.5. The molecule has 8 aliphatic carbocycles. The quantitative estimate of drug-likeness (QED) is 0.0319. The summed E-state index contributed by atoms with van der Waals surface area (Å²) in [5.74, 6) is 2.63. The van der Waals surface area contributed by atoms with Crippen molar-refractivity contribution in [3.05, 3.63) is 117 Å². The Morgan fingerprint density at radius 3 is 1.46 bits per heavy atom. The molecule has 8 fully saturated rings. The number of aliphatic hydroxyl groups excluding tert-OH is 2. The number of hydrogen-bond acceptors (Lipinski definition) is 16. The summed E-state index contributed by atoms with van der Waals surface area (Å²) in [5.41, 5.74) is 1.41. The molecule has 4 aromatic rings. The van der Waals surface area contributed by atoms with Crippen LogP contribution in [0.15, 0.2) is 75.8 Å². The van der Waals surface area contributed by atoms with Crippen molar-refractivity contribution >= 4 is 90.2 Å². The second kappa shape index (κ2) is 29.2. The first-order valence-electron chi connectivity index (χ1n) is 33.4. The van der Waals surface area contributed by atoms with E-state index in [1.807, 2.05) is 28.7 Å². The minimum atomic E-state index is -3.31. The minimum absolute atomic E-state index is 0. The third kappa shape index (κ3) is 13.2. The number of aliphatic hydroxyl groups is 4. The van der Waals surface area contributed by atoms with Crippen LogP contribution in [0, 0.1) is 73.9 Å². The maximum absolute atomic E-state index is 12.7. The molecule has 4 unspecified atom stereocenters. The minimum Gasteiger partial charge on any atom is -0.393 e. The number of benzene rings is 2. The van der Waals surface area contributed by atoms with Crippen molar-refractivity contribution < 1.29 is 85.6 Å². The normalized spacial score (nSPS) is 36.1. The van der Waals surface area contributed by atoms with Gasteiger partial charge in [-0.25, -0.2) is 0 Å². The standard InChI is InChI=1S/C33H40N2O5.C20H32O3.C17H19N2O6P.CH2I.HI.V/c1-31-14-12-23(36)17-21(31)8-10-28-27(31)13-15-32(2)20(11-16-33(28,32)39)7-9-22-18-24(40-34-22)19-35-29(37)25-5-3-4-6-26(25)30(35)38;1-18-8-6-15(22)11-13(18)3-4-17-16(18)7-9-19(2)14(12-21)5-10-20(17,19)23;1-3-23-26(22,24-4-2)11-12-9-13(25-18-12)10-19-16(20)14-7-5-6-8-15(14)17(19)21;1-2;;/h3-7,9,18,20-21,23,27-28,36,39H,8,10-17,19H2,1-2H3;12-17,22-23H,3-11H2,1-2H3;5-9H,3-4,10-11H2,1-2H3;1H2;1H;/q;;;-1;;/b9-7+;;;;;/t20-,21+,23-,27?,28?,31-,32+,33-;13-,14-,15+,16?,17?,18+,19-,20+;;;;/m01..../s1. The Bertz CT molecular complexity index is 3380. The van der Waals surface area contributed by atoms with Crippen LogP contribution in [0.2, 0.25) is 0 Å². The Labute approximate surface area is 590 Å². The molecule has 16 atom stereocenters. The zero-order valence-corrected chi connectivity index (χ0v) is 61.4. The van der Waals surface area contributed by atoms with E-state index in [1.165, 1.54) is 4.90 Å². The number of rotatable bonds is 13. The summed E-state index contributed by atoms with van der Waals surface area (Å²) in [6, 6.07) is 16.8. The summed E-state index contributed by atoms with van der Waals surface area (Å²) in [7, 11) is -3.31. The van der Waals surface area contributed by atoms with Crippen LogP contribution in [0.1, 0.15) is 221 Å². The van der Waals surface area contributed by atoms with Gasteiger partial charge in [0.25, 0.3) is 23.6 Å². The molecule has 8 saturated carbocycles. The van der Waals surface area contributed by atoms with Crippen LogP contribution >= 0.6 is 54.2 Å². The van der Waals surface area contributed by atoms with E-state index in [1.54, 1.807) is 74.5 Å². The number of allylic oxidation sites excluding steroid dienone is 1. The Balaban J connectivity index is 0.000000168. The fourth-order valence-corrected chi connectivity index (χ4v) is 21.6. The second-order valence-electron chi connectivity index (χ2n) is 29.0. The smallest absolute Gasteiger partial charge is 0.336 e. The number of imide groups is 2. The van der Waals surface area contributed by atoms with Crippen molar-refractivity contribution in [3.63, 3.8) is 0 Å². The predicted octanol–water partition coefficient (Wildman–Crippen LogP) is 14.0. The van der Waals surface area contributed by atoms with Gasteiger partial charge in [-0.3, -0.25) is 38.5 Å². The Morgan fingerprint density at radius 1 is 0.602 bits per heavy atom. The van der Waals surface area contributed by atoms with E-state index in [9.17, 15) is 49.0 Å². The summed E-state index contributed by atoms with van der Waals surface area (Å²) in [6.45, 7) is 13.3. The van der Waals surface area contributed by atoms with Crippen molar-refractivity contribution in [1.82, 2.24) is 20.1 Å². The first kappa shape index (κ1) is 73.8. The van der Waals surface area contributed by atoms with Crippen LogP contribution < -0.4 is 0 Å². The molecule has 4 N–H and O–H groups in total. The number of aromatic nitrogens is 2. The molecule has 507 valence electrons. The Hall–Kier alpha value is -3.42. The van der Waals surface area contributed by atoms with Gasteiger partial charge in [0.1, 0.15) is 12.0 Å². The van der Waals surface area contributed by atoms with Gasteiger partial charge in [-0.05, 0) is 212 Å². The average molecular weight is 1560 g/mol. The maximum atomic E-state index is 12.7. The zero-order valence-electron chi connectivity index (χ0n) is 54.6. The molecule has 93 heavy (non-hydrogen) atoms. The molecule has 22 heteroatoms. The van der Waals surface area contributed by atoms with Crippen molar-refractivity contribution in [2.24, 2.45) is 69.0 Å². The molecule has 14 rings (SSSR count). The molecule has 0 saturated heterocycles. The number of hydrogen-bond donors (Lipinski definition) is 4. The fourth-order valence-electron chi connectivity index (χ4n) is 20.0. The van der Waals surface area contributed by atoms with E-state index in [0.29, 0.717) is 80.7 Å². The van der Waals surface area contributed by atoms with Gasteiger partial charge in [-0.2, -0.15) is 0 Å². The maximum Gasteiger partial charge on any atom is 0.336 e. The van der Waals surface area contributed by atoms with Crippen LogP contribution in [0.5, 0.6) is 0 Å². The first-order chi connectivity index (χ1) is 43.5. The van der Waals surface area contributed by atoms with E-state index in [-0.39, 0.29) is 144 Å². The monoisotopic (exact) mass is 1560 g/mol. The fraction of sp³-hybridized carbons (Fsp3) is 0.634. The molecule has 10 aliphatic rings. The molecular weight excluding hydrogens is 1470 g/mol. The molecule has 4 heterocycles. The summed E-state index contributed by atoms with van der Waals surface area (Å²) in [6.07, 6.45) is 23.0. The largest absolute Gasteiger partial charge is 0.393 e. The van der Waals surface area contributed by atoms with Gasteiger partial charge in [0.05, 0.1) is 83.8 Å². The van der Waals surface area contributed by atoms with Crippen LogP contribution in [0.4, 0.5) is 0 Å². The number of carbonyl (C=O) groups is 5. The number of amides is 4. The van der Waals surface area contributed by atoms with Crippen LogP contribution in [-0.2, 0) is 56.2 Å². The average Bonchev–Trinajstić information content (AvgIpc) is 1.68. The molecule has 2 aromatic heterocycles. The number of fused-ring (bicyclic) bond motifs is 12. The molecule has 4 amide bonds. The summed E-state index contributed by atoms with van der Waals surface area (Å²) >= 11 is 1.90. The van der Waals surface area contributed by atoms with Gasteiger partial charge in [-0.1, -0.05) is 68.3 Å². The van der Waals surface area contributed by atoms with E-state index in [2.05, 4.69) is 49.0 Å². The van der Waals surface area contributed by atoms with Gasteiger partial charge in [-0.15, -0.1) is 24.0 Å². The molecule has 18 nitrogen and oxygen atoms in total. The zero-order chi connectivity index (χ0) is 65.1. The molecular formula is C71H94I2N4O14PV-. The number of aldehydes is 1. The van der Waals surface area contributed by atoms with E-state index in [4.69, 9.17) is 18.1 Å². The Kier molecular flexibility index (Phi) is 23.2. The van der Waals surface area contributed by atoms with Crippen LogP contribution in [0.25, 0.3) is 6.08 Å². The molecule has 0 spiro atoms. The summed E-state index contributed by atoms with van der Waals surface area (Å²) in [4.78, 5) is 67.3. The van der Waals surface area contributed by atoms with Crippen molar-refractivity contribution in [3.8, 4) is 0 Å². The second-order valence-corrected chi connectivity index (χ2v) is 31.0. The number of halogens is 2. The van der Waals surface area contributed by atoms with Crippen molar-refractivity contribution in [2.75, 3.05) is 13.2 Å². The van der Waals surface area contributed by atoms with Crippen molar-refractivity contribution in [1.29, 1.82) is 0 Å². The van der Waals surface area contributed by atoms with E-state index in [0.717, 1.165) is 127 Å². The predicted molar refractivity (Wildman–Crippen MR) is 364 cm³/mol. The van der Waals surface area contributed by atoms with Crippen molar-refractivity contribution in [2.45, 2.75) is 200 Å². The molecule has 0 bridgehead atoms. The van der Waals surface area contributed by atoms with Crippen LogP contribution in [0.3, 0.4) is 0 Å². The number of nitrogens with zero attached hydrogens (tertiary/aromatic N) is 4. The van der Waals surface area contributed by atoms with E-state index < -0.39 is 18.8 Å². The summed E-state index contributed by atoms with van der Waals surface area (Å²) < 4.78 is 33.7. The van der Waals surface area contributed by atoms with Crippen LogP contribution in [-0.4, -0.2) is 107 Å². The third-order valence-electron chi connectivity index (χ3n) is 25.0. The number of carbonyl (C=O) groups excluding carboxylic acids is 5. The Morgan fingerprint density at radius 2 is 1.02 bits per heavy atom. The SMILES string of the molecule is CCOP(=O)(Cc1cc(CN2C(=O)c3ccccc3C2=O)on1)OCC.C[C@]12CC[C@H](O)C[C@H]1CCC1C2CC[C@]2(C)[C@@H](/C=C/c3cc(CN4C(=O)c5ccccc5C4=O)on3)CC[C@]12O.C[C@]12CC[C@H](O)C[C@H]1CCC1C2CC[C@]2(C)[C@@H](C=O)CC[C@]12O.I.[CH2-]I.[V]. The van der Waals surface area contributed by atoms with Gasteiger partial charge in [0, 0.05) is 47.4 Å².